The predicted molar refractivity (Wildman–Crippen MR) is 147 cm³/mol. The third-order valence-electron chi connectivity index (χ3n) is 5.25. The number of nitrogens with one attached hydrogen (secondary N) is 2. The zero-order chi connectivity index (χ0) is 25.2. The normalized spacial score (nSPS) is 16.8. The summed E-state index contributed by atoms with van der Waals surface area (Å²) in [5.41, 5.74) is 12.8. The first-order chi connectivity index (χ1) is 14.9. The molecule has 0 saturated carbocycles. The molecule has 2 N–H and O–H groups in total. The van der Waals surface area contributed by atoms with Crippen molar-refractivity contribution in [1.29, 1.82) is 0 Å². The van der Waals surface area contributed by atoms with Gasteiger partial charge in [0, 0.05) is 0 Å². The summed E-state index contributed by atoms with van der Waals surface area (Å²) in [6.07, 6.45) is 13.7. The van der Waals surface area contributed by atoms with Crippen molar-refractivity contribution in [2.75, 3.05) is 0 Å². The molecule has 178 valence electrons. The molecule has 0 saturated heterocycles. The van der Waals surface area contributed by atoms with Crippen molar-refractivity contribution in [3.8, 4) is 0 Å². The summed E-state index contributed by atoms with van der Waals surface area (Å²) in [4.78, 5) is 7.17. The third-order valence-corrected chi connectivity index (χ3v) is 10.6. The maximum atomic E-state index is 3.61. The molecule has 0 aromatic heterocycles. The molecule has 33 heavy (non-hydrogen) atoms. The van der Waals surface area contributed by atoms with Gasteiger partial charge in [-0.1, -0.05) is 0 Å². The molecular weight excluding hydrogens is 512 g/mol. The maximum absolute atomic E-state index is 3.61. The van der Waals surface area contributed by atoms with Gasteiger partial charge in [0.15, 0.2) is 0 Å². The number of allylic oxidation sites excluding steroid dienone is 10. The molecule has 0 amide bonds. The van der Waals surface area contributed by atoms with Crippen LogP contribution in [-0.2, 0) is 23.2 Å². The topological polar surface area (TPSA) is 24.1 Å². The van der Waals surface area contributed by atoms with Crippen LogP contribution in [0.1, 0.15) is 41.5 Å². The summed E-state index contributed by atoms with van der Waals surface area (Å²) in [6.45, 7) is 27.7. The van der Waals surface area contributed by atoms with Crippen LogP contribution in [0.2, 0.25) is 39.3 Å². The molecule has 0 atom stereocenters. The Labute approximate surface area is 217 Å². The summed E-state index contributed by atoms with van der Waals surface area (Å²) in [5.74, 6) is 0. The average Bonchev–Trinajstić information content (AvgIpc) is 3.17. The number of rotatable bonds is 6. The van der Waals surface area contributed by atoms with Gasteiger partial charge in [0.25, 0.3) is 0 Å². The molecule has 0 unspecified atom stereocenters. The third kappa shape index (κ3) is 9.23. The Balaban J connectivity index is 2.46. The molecule has 2 aliphatic carbocycles. The monoisotopic (exact) mass is 554 g/mol. The van der Waals surface area contributed by atoms with Gasteiger partial charge in [0.2, 0.25) is 0 Å². The summed E-state index contributed by atoms with van der Waals surface area (Å²) < 4.78 is 3.01. The van der Waals surface area contributed by atoms with E-state index in [1.54, 1.807) is 0 Å². The average molecular weight is 556 g/mol. The molecule has 0 aliphatic heterocycles. The SMILES string of the molecule is CC(C)(C)C1=CC(=C=CN[Si](C)(C)C)[C]([Zr][C]2=CC(C(C)(C)C)=CC2=C=CN[Si](C)(C)C)=C1. The van der Waals surface area contributed by atoms with Gasteiger partial charge in [-0.25, -0.2) is 0 Å². The fourth-order valence-corrected chi connectivity index (χ4v) is 7.35. The standard InChI is InChI=1S/2C14H22NSi.Zr/c2*1-14(2,3)13-8-7-12(11-13)9-10-15-16(4,5)6;/h2*8,10-11,15H,1-6H3;. The first-order valence-corrected chi connectivity index (χ1v) is 21.4. The second-order valence-electron chi connectivity index (χ2n) is 13.1. The molecular formula is C28H44N2Si2Zr. The fourth-order valence-electron chi connectivity index (χ4n) is 3.13. The minimum atomic E-state index is -1.36. The van der Waals surface area contributed by atoms with Gasteiger partial charge in [-0.3, -0.25) is 0 Å². The molecule has 0 spiro atoms. The summed E-state index contributed by atoms with van der Waals surface area (Å²) in [7, 11) is -2.72. The van der Waals surface area contributed by atoms with Crippen LogP contribution in [-0.4, -0.2) is 16.5 Å². The van der Waals surface area contributed by atoms with E-state index >= 15 is 0 Å². The molecule has 0 aromatic carbocycles. The van der Waals surface area contributed by atoms with Crippen LogP contribution in [0, 0.1) is 10.8 Å². The fraction of sp³-hybridized carbons (Fsp3) is 0.500. The van der Waals surface area contributed by atoms with E-state index in [0.717, 1.165) is 0 Å². The first kappa shape index (κ1) is 28.2. The quantitative estimate of drug-likeness (QED) is 0.259. The van der Waals surface area contributed by atoms with E-state index in [1.807, 2.05) is 0 Å². The zero-order valence-corrected chi connectivity index (χ0v) is 27.4. The molecule has 0 heterocycles. The second kappa shape index (κ2) is 10.3. The van der Waals surface area contributed by atoms with Gasteiger partial charge in [0.1, 0.15) is 0 Å². The Morgan fingerprint density at radius 1 is 0.636 bits per heavy atom. The van der Waals surface area contributed by atoms with Crippen LogP contribution in [0.25, 0.3) is 0 Å². The van der Waals surface area contributed by atoms with E-state index in [4.69, 9.17) is 0 Å². The van der Waals surface area contributed by atoms with Crippen LogP contribution >= 0.6 is 0 Å². The van der Waals surface area contributed by atoms with Crippen molar-refractivity contribution >= 4 is 16.5 Å². The van der Waals surface area contributed by atoms with Crippen molar-refractivity contribution in [1.82, 2.24) is 9.96 Å². The van der Waals surface area contributed by atoms with Crippen LogP contribution in [0.15, 0.2) is 77.0 Å². The van der Waals surface area contributed by atoms with Gasteiger partial charge in [0.05, 0.1) is 0 Å². The van der Waals surface area contributed by atoms with Crippen molar-refractivity contribution in [3.63, 3.8) is 0 Å². The van der Waals surface area contributed by atoms with Crippen molar-refractivity contribution < 1.29 is 23.2 Å². The molecule has 0 aromatic rings. The van der Waals surface area contributed by atoms with Crippen molar-refractivity contribution in [2.45, 2.75) is 80.8 Å². The van der Waals surface area contributed by atoms with E-state index < -0.39 is 39.7 Å². The minimum absolute atomic E-state index is 0.138. The molecule has 2 rings (SSSR count). The van der Waals surface area contributed by atoms with E-state index in [1.165, 1.54) is 28.9 Å². The van der Waals surface area contributed by atoms with Crippen LogP contribution in [0.5, 0.6) is 0 Å². The van der Waals surface area contributed by atoms with E-state index in [0.29, 0.717) is 0 Å². The molecule has 0 radical (unpaired) electrons. The molecule has 0 fully saturated rings. The number of hydrogen-bond acceptors (Lipinski definition) is 2. The van der Waals surface area contributed by atoms with Gasteiger partial charge in [-0.15, -0.1) is 0 Å². The molecule has 2 aliphatic rings. The Bertz CT molecular complexity index is 943. The van der Waals surface area contributed by atoms with Crippen LogP contribution in [0.3, 0.4) is 0 Å². The van der Waals surface area contributed by atoms with E-state index in [2.05, 4.69) is 139 Å². The summed E-state index contributed by atoms with van der Waals surface area (Å²) >= 11 is -1.04. The molecule has 5 heteroatoms. The number of hydrogen-bond donors (Lipinski definition) is 2. The molecule has 0 bridgehead atoms. The van der Waals surface area contributed by atoms with Gasteiger partial charge >= 0.3 is 218 Å². The Morgan fingerprint density at radius 3 is 1.24 bits per heavy atom. The van der Waals surface area contributed by atoms with Crippen molar-refractivity contribution in [3.05, 3.63) is 77.0 Å². The Hall–Kier alpha value is -1.08. The van der Waals surface area contributed by atoms with Crippen LogP contribution in [0.4, 0.5) is 0 Å². The van der Waals surface area contributed by atoms with Gasteiger partial charge in [-0.05, 0) is 0 Å². The second-order valence-corrected chi connectivity index (χ2v) is 26.0. The van der Waals surface area contributed by atoms with Crippen LogP contribution < -0.4 is 9.96 Å². The van der Waals surface area contributed by atoms with E-state index in [9.17, 15) is 0 Å². The summed E-state index contributed by atoms with van der Waals surface area (Å²) in [6, 6.07) is 0. The van der Waals surface area contributed by atoms with Gasteiger partial charge < -0.3 is 0 Å². The molecule has 2 nitrogen and oxygen atoms in total. The van der Waals surface area contributed by atoms with Gasteiger partial charge in [-0.2, -0.15) is 0 Å². The Kier molecular flexibility index (Phi) is 8.76. The predicted octanol–water partition coefficient (Wildman–Crippen LogP) is 7.74. The zero-order valence-electron chi connectivity index (χ0n) is 23.0. The van der Waals surface area contributed by atoms with Crippen molar-refractivity contribution in [2.24, 2.45) is 10.8 Å². The Morgan fingerprint density at radius 2 is 0.970 bits per heavy atom. The van der Waals surface area contributed by atoms with E-state index in [-0.39, 0.29) is 10.8 Å². The summed E-state index contributed by atoms with van der Waals surface area (Å²) in [5, 5.41) is 0. The first-order valence-electron chi connectivity index (χ1n) is 12.0.